The number of aromatic nitrogens is 3. The molecule has 3 N–H and O–H groups in total. The molecule has 0 aliphatic rings. The van der Waals surface area contributed by atoms with Crippen molar-refractivity contribution in [3.8, 4) is 0 Å². The Morgan fingerprint density at radius 3 is 2.81 bits per heavy atom. The van der Waals surface area contributed by atoms with Crippen LogP contribution in [-0.4, -0.2) is 15.0 Å². The van der Waals surface area contributed by atoms with Gasteiger partial charge in [0.05, 0.1) is 11.2 Å². The third-order valence-electron chi connectivity index (χ3n) is 3.36. The topological polar surface area (TPSA) is 76.7 Å². The Morgan fingerprint density at radius 2 is 1.95 bits per heavy atom. The van der Waals surface area contributed by atoms with Crippen LogP contribution in [0.25, 0.3) is 10.9 Å². The molecule has 5 heteroatoms. The third-order valence-corrected chi connectivity index (χ3v) is 3.36. The van der Waals surface area contributed by atoms with E-state index in [1.54, 1.807) is 6.20 Å². The molecule has 3 aromatic rings. The summed E-state index contributed by atoms with van der Waals surface area (Å²) < 4.78 is 0. The number of fused-ring (bicyclic) bond motifs is 1. The average molecular weight is 279 g/mol. The van der Waals surface area contributed by atoms with Gasteiger partial charge in [-0.25, -0.2) is 9.97 Å². The number of rotatable bonds is 4. The van der Waals surface area contributed by atoms with E-state index in [9.17, 15) is 0 Å². The zero-order valence-electron chi connectivity index (χ0n) is 11.9. The highest BCUT2D eigenvalue weighted by molar-refractivity contribution is 5.92. The van der Waals surface area contributed by atoms with Gasteiger partial charge in [-0.05, 0) is 18.6 Å². The Labute approximate surface area is 123 Å². The van der Waals surface area contributed by atoms with Gasteiger partial charge in [-0.15, -0.1) is 0 Å². The van der Waals surface area contributed by atoms with Crippen LogP contribution in [0, 0.1) is 0 Å². The van der Waals surface area contributed by atoms with Gasteiger partial charge in [0.2, 0.25) is 0 Å². The summed E-state index contributed by atoms with van der Waals surface area (Å²) in [5, 5.41) is 4.43. The van der Waals surface area contributed by atoms with Gasteiger partial charge in [0, 0.05) is 17.1 Å². The van der Waals surface area contributed by atoms with Crippen molar-refractivity contribution in [2.24, 2.45) is 0 Å². The summed E-state index contributed by atoms with van der Waals surface area (Å²) in [5.74, 6) is 1.28. The molecule has 3 rings (SSSR count). The number of anilines is 3. The van der Waals surface area contributed by atoms with Gasteiger partial charge in [0.25, 0.3) is 0 Å². The van der Waals surface area contributed by atoms with Crippen molar-refractivity contribution in [3.05, 3.63) is 48.4 Å². The first-order chi connectivity index (χ1) is 10.3. The van der Waals surface area contributed by atoms with Crippen LogP contribution in [0.15, 0.2) is 42.9 Å². The summed E-state index contributed by atoms with van der Waals surface area (Å²) in [6.07, 6.45) is 5.09. The van der Waals surface area contributed by atoms with Gasteiger partial charge < -0.3 is 11.1 Å². The Morgan fingerprint density at radius 1 is 1.10 bits per heavy atom. The average Bonchev–Trinajstić information content (AvgIpc) is 2.51. The number of hydrogen-bond donors (Lipinski definition) is 2. The molecular weight excluding hydrogens is 262 g/mol. The van der Waals surface area contributed by atoms with Crippen LogP contribution in [0.5, 0.6) is 0 Å². The van der Waals surface area contributed by atoms with Crippen molar-refractivity contribution in [1.82, 2.24) is 15.0 Å². The van der Waals surface area contributed by atoms with Crippen molar-refractivity contribution in [1.29, 1.82) is 0 Å². The Hall–Kier alpha value is -2.69. The van der Waals surface area contributed by atoms with Crippen LogP contribution in [0.1, 0.15) is 18.9 Å². The molecule has 0 fully saturated rings. The number of pyridine rings is 1. The Bertz CT molecular complexity index is 764. The predicted molar refractivity (Wildman–Crippen MR) is 85.5 cm³/mol. The lowest BCUT2D eigenvalue weighted by molar-refractivity contribution is 0.908. The van der Waals surface area contributed by atoms with E-state index in [1.807, 2.05) is 30.3 Å². The quantitative estimate of drug-likeness (QED) is 0.766. The molecule has 2 aromatic heterocycles. The van der Waals surface area contributed by atoms with Crippen LogP contribution in [-0.2, 0) is 6.42 Å². The predicted octanol–water partition coefficient (Wildman–Crippen LogP) is 3.30. The maximum absolute atomic E-state index is 5.97. The summed E-state index contributed by atoms with van der Waals surface area (Å²) in [7, 11) is 0. The molecule has 0 unspecified atom stereocenters. The van der Waals surface area contributed by atoms with E-state index in [0.29, 0.717) is 5.82 Å². The fraction of sp³-hybridized carbons (Fsp3) is 0.188. The van der Waals surface area contributed by atoms with Crippen LogP contribution in [0.2, 0.25) is 0 Å². The van der Waals surface area contributed by atoms with Crippen molar-refractivity contribution in [2.75, 3.05) is 11.1 Å². The number of nitrogens with zero attached hydrogens (tertiary/aromatic N) is 3. The van der Waals surface area contributed by atoms with E-state index in [2.05, 4.69) is 27.2 Å². The van der Waals surface area contributed by atoms with Crippen molar-refractivity contribution >= 4 is 28.2 Å². The fourth-order valence-electron chi connectivity index (χ4n) is 2.36. The van der Waals surface area contributed by atoms with E-state index in [0.717, 1.165) is 40.8 Å². The highest BCUT2D eigenvalue weighted by Crippen LogP contribution is 2.27. The molecule has 0 spiro atoms. The normalized spacial score (nSPS) is 10.7. The molecule has 0 aliphatic carbocycles. The highest BCUT2D eigenvalue weighted by atomic mass is 15.0. The summed E-state index contributed by atoms with van der Waals surface area (Å²) in [4.78, 5) is 12.8. The smallest absolute Gasteiger partial charge is 0.139 e. The zero-order chi connectivity index (χ0) is 14.7. The first-order valence-corrected chi connectivity index (χ1v) is 6.99. The maximum Gasteiger partial charge on any atom is 0.139 e. The second-order valence-electron chi connectivity index (χ2n) is 4.84. The number of nitrogen functional groups attached to an aromatic ring is 1. The molecule has 5 nitrogen and oxygen atoms in total. The minimum absolute atomic E-state index is 0.530. The molecule has 0 bridgehead atoms. The molecule has 1 aromatic carbocycles. The van der Waals surface area contributed by atoms with Gasteiger partial charge in [-0.3, -0.25) is 4.98 Å². The maximum atomic E-state index is 5.97. The second-order valence-corrected chi connectivity index (χ2v) is 4.84. The van der Waals surface area contributed by atoms with Crippen LogP contribution >= 0.6 is 0 Å². The van der Waals surface area contributed by atoms with Gasteiger partial charge >= 0.3 is 0 Å². The number of nitrogens with one attached hydrogen (secondary N) is 1. The lowest BCUT2D eigenvalue weighted by Crippen LogP contribution is -2.05. The van der Waals surface area contributed by atoms with E-state index in [4.69, 9.17) is 5.73 Å². The SMILES string of the molecule is CCCc1c(N)ncnc1Nc1cccc2cccnc12. The molecular formula is C16H17N5. The molecule has 0 radical (unpaired) electrons. The molecule has 0 atom stereocenters. The van der Waals surface area contributed by atoms with E-state index in [1.165, 1.54) is 6.33 Å². The molecule has 106 valence electrons. The minimum Gasteiger partial charge on any atom is -0.383 e. The van der Waals surface area contributed by atoms with Crippen LogP contribution in [0.4, 0.5) is 17.3 Å². The van der Waals surface area contributed by atoms with Crippen molar-refractivity contribution in [2.45, 2.75) is 19.8 Å². The summed E-state index contributed by atoms with van der Waals surface area (Å²) in [6, 6.07) is 9.99. The van der Waals surface area contributed by atoms with E-state index < -0.39 is 0 Å². The fourth-order valence-corrected chi connectivity index (χ4v) is 2.36. The van der Waals surface area contributed by atoms with Crippen LogP contribution < -0.4 is 11.1 Å². The van der Waals surface area contributed by atoms with Gasteiger partial charge in [0.15, 0.2) is 0 Å². The van der Waals surface area contributed by atoms with E-state index in [-0.39, 0.29) is 0 Å². The molecule has 0 amide bonds. The number of benzene rings is 1. The van der Waals surface area contributed by atoms with Crippen LogP contribution in [0.3, 0.4) is 0 Å². The number of hydrogen-bond acceptors (Lipinski definition) is 5. The van der Waals surface area contributed by atoms with Gasteiger partial charge in [-0.1, -0.05) is 31.5 Å². The summed E-state index contributed by atoms with van der Waals surface area (Å²) >= 11 is 0. The summed E-state index contributed by atoms with van der Waals surface area (Å²) in [5.41, 5.74) is 8.76. The highest BCUT2D eigenvalue weighted by Gasteiger charge is 2.10. The standard InChI is InChI=1S/C16H17N5/c1-2-5-12-15(17)19-10-20-16(12)21-13-8-3-6-11-7-4-9-18-14(11)13/h3-4,6-10H,2,5H2,1H3,(H3,17,19,20,21). The monoisotopic (exact) mass is 279 g/mol. The second kappa shape index (κ2) is 5.75. The zero-order valence-corrected chi connectivity index (χ0v) is 11.9. The Kier molecular flexibility index (Phi) is 3.64. The molecule has 0 saturated heterocycles. The molecule has 21 heavy (non-hydrogen) atoms. The first-order valence-electron chi connectivity index (χ1n) is 6.99. The van der Waals surface area contributed by atoms with Crippen molar-refractivity contribution in [3.63, 3.8) is 0 Å². The Balaban J connectivity index is 2.05. The number of para-hydroxylation sites is 1. The lowest BCUT2D eigenvalue weighted by Gasteiger charge is -2.13. The lowest BCUT2D eigenvalue weighted by atomic mass is 10.1. The molecule has 0 aliphatic heterocycles. The summed E-state index contributed by atoms with van der Waals surface area (Å²) in [6.45, 7) is 2.11. The minimum atomic E-state index is 0.530. The largest absolute Gasteiger partial charge is 0.383 e. The van der Waals surface area contributed by atoms with Crippen molar-refractivity contribution < 1.29 is 0 Å². The van der Waals surface area contributed by atoms with Gasteiger partial charge in [0.1, 0.15) is 18.0 Å². The molecule has 2 heterocycles. The first kappa shape index (κ1) is 13.3. The third kappa shape index (κ3) is 2.63. The van der Waals surface area contributed by atoms with Gasteiger partial charge in [-0.2, -0.15) is 0 Å². The molecule has 0 saturated carbocycles. The number of nitrogens with two attached hydrogens (primary N) is 1. The van der Waals surface area contributed by atoms with E-state index >= 15 is 0 Å².